The van der Waals surface area contributed by atoms with Crippen LogP contribution in [0.25, 0.3) is 17.0 Å². The average molecular weight is 432 g/mol. The van der Waals surface area contributed by atoms with Crippen molar-refractivity contribution < 1.29 is 18.7 Å². The lowest BCUT2D eigenvalue weighted by molar-refractivity contribution is -0.123. The Bertz CT molecular complexity index is 1300. The molecule has 0 bridgehead atoms. The van der Waals surface area contributed by atoms with Crippen LogP contribution in [0, 0.1) is 17.1 Å². The number of fused-ring (bicyclic) bond motifs is 1. The first-order chi connectivity index (χ1) is 15.6. The first-order valence-corrected chi connectivity index (χ1v) is 9.64. The number of benzene rings is 2. The van der Waals surface area contributed by atoms with Gasteiger partial charge in [-0.05, 0) is 30.3 Å². The second kappa shape index (κ2) is 9.53. The first-order valence-electron chi connectivity index (χ1n) is 9.64. The first kappa shape index (κ1) is 20.7. The fraction of sp³-hybridized carbons (Fsp3) is 0.136. The molecule has 1 amide bonds. The highest BCUT2D eigenvalue weighted by Crippen LogP contribution is 2.20. The molecule has 0 saturated carbocycles. The standard InChI is InChI=1S/C22H17FN6O3/c23-17-6-3-5-15(12-17)22-27-26-19-8-9-21(28-29(19)22)31-11-10-25-20(30)14-32-18-7-2-1-4-16(18)13-24/h1-9,12H,10-11,14H2,(H,25,30). The molecule has 0 aliphatic heterocycles. The van der Waals surface area contributed by atoms with Crippen molar-refractivity contribution in [2.24, 2.45) is 0 Å². The summed E-state index contributed by atoms with van der Waals surface area (Å²) in [6.07, 6.45) is 0. The van der Waals surface area contributed by atoms with Crippen LogP contribution in [0.4, 0.5) is 4.39 Å². The molecule has 10 heteroatoms. The number of nitrogens with one attached hydrogen (secondary N) is 1. The molecule has 0 unspecified atom stereocenters. The van der Waals surface area contributed by atoms with Crippen LogP contribution in [0.5, 0.6) is 11.6 Å². The summed E-state index contributed by atoms with van der Waals surface area (Å²) in [5.74, 6) is 0.290. The fourth-order valence-corrected chi connectivity index (χ4v) is 2.88. The van der Waals surface area contributed by atoms with Crippen LogP contribution in [0.3, 0.4) is 0 Å². The summed E-state index contributed by atoms with van der Waals surface area (Å²) in [5.41, 5.74) is 1.38. The van der Waals surface area contributed by atoms with Gasteiger partial charge in [-0.3, -0.25) is 4.79 Å². The van der Waals surface area contributed by atoms with Gasteiger partial charge in [-0.15, -0.1) is 15.3 Å². The van der Waals surface area contributed by atoms with Crippen molar-refractivity contribution in [1.29, 1.82) is 5.26 Å². The topological polar surface area (TPSA) is 114 Å². The number of amides is 1. The maximum atomic E-state index is 13.5. The van der Waals surface area contributed by atoms with Gasteiger partial charge < -0.3 is 14.8 Å². The van der Waals surface area contributed by atoms with Crippen molar-refractivity contribution >= 4 is 11.6 Å². The van der Waals surface area contributed by atoms with E-state index in [-0.39, 0.29) is 31.5 Å². The van der Waals surface area contributed by atoms with Crippen LogP contribution >= 0.6 is 0 Å². The van der Waals surface area contributed by atoms with Crippen LogP contribution in [-0.2, 0) is 4.79 Å². The molecule has 0 spiro atoms. The zero-order valence-corrected chi connectivity index (χ0v) is 16.7. The maximum absolute atomic E-state index is 13.5. The minimum atomic E-state index is -0.387. The van der Waals surface area contributed by atoms with Gasteiger partial charge >= 0.3 is 0 Å². The van der Waals surface area contributed by atoms with Gasteiger partial charge in [0, 0.05) is 11.6 Å². The Morgan fingerprint density at radius 3 is 2.81 bits per heavy atom. The summed E-state index contributed by atoms with van der Waals surface area (Å²) in [4.78, 5) is 12.0. The molecule has 32 heavy (non-hydrogen) atoms. The maximum Gasteiger partial charge on any atom is 0.258 e. The Labute approximate surface area is 182 Å². The number of para-hydroxylation sites is 1. The van der Waals surface area contributed by atoms with Crippen molar-refractivity contribution in [3.8, 4) is 29.1 Å². The lowest BCUT2D eigenvalue weighted by Crippen LogP contribution is -2.32. The predicted octanol–water partition coefficient (Wildman–Crippen LogP) is 2.38. The number of nitrogens with zero attached hydrogens (tertiary/aromatic N) is 5. The zero-order valence-electron chi connectivity index (χ0n) is 16.7. The molecule has 0 atom stereocenters. The summed E-state index contributed by atoms with van der Waals surface area (Å²) >= 11 is 0. The largest absolute Gasteiger partial charge is 0.482 e. The van der Waals surface area contributed by atoms with Crippen LogP contribution in [-0.4, -0.2) is 45.5 Å². The van der Waals surface area contributed by atoms with E-state index in [0.717, 1.165) is 0 Å². The van der Waals surface area contributed by atoms with Gasteiger partial charge in [-0.1, -0.05) is 24.3 Å². The smallest absolute Gasteiger partial charge is 0.258 e. The van der Waals surface area contributed by atoms with Crippen molar-refractivity contribution in [2.45, 2.75) is 0 Å². The van der Waals surface area contributed by atoms with E-state index in [2.05, 4.69) is 20.6 Å². The van der Waals surface area contributed by atoms with Gasteiger partial charge in [-0.2, -0.15) is 9.78 Å². The highest BCUT2D eigenvalue weighted by atomic mass is 19.1. The number of aromatic nitrogens is 4. The lowest BCUT2D eigenvalue weighted by atomic mass is 10.2. The number of nitriles is 1. The zero-order chi connectivity index (χ0) is 22.3. The highest BCUT2D eigenvalue weighted by molar-refractivity contribution is 5.77. The Morgan fingerprint density at radius 2 is 1.97 bits per heavy atom. The summed E-state index contributed by atoms with van der Waals surface area (Å²) in [6.45, 7) is 0.164. The Kier molecular flexibility index (Phi) is 6.17. The molecule has 4 aromatic rings. The minimum absolute atomic E-state index is 0.163. The van der Waals surface area contributed by atoms with Crippen molar-refractivity contribution in [3.63, 3.8) is 0 Å². The van der Waals surface area contributed by atoms with E-state index in [1.54, 1.807) is 48.5 Å². The van der Waals surface area contributed by atoms with Gasteiger partial charge in [0.15, 0.2) is 18.1 Å². The molecule has 2 aromatic carbocycles. The second-order valence-corrected chi connectivity index (χ2v) is 6.57. The van der Waals surface area contributed by atoms with Gasteiger partial charge in [0.1, 0.15) is 24.2 Å². The number of hydrogen-bond donors (Lipinski definition) is 1. The van der Waals surface area contributed by atoms with Crippen LogP contribution in [0.1, 0.15) is 5.56 Å². The summed E-state index contributed by atoms with van der Waals surface area (Å²) in [7, 11) is 0. The minimum Gasteiger partial charge on any atom is -0.482 e. The molecule has 9 nitrogen and oxygen atoms in total. The van der Waals surface area contributed by atoms with E-state index in [1.165, 1.54) is 16.6 Å². The van der Waals surface area contributed by atoms with Crippen molar-refractivity contribution in [3.05, 3.63) is 72.0 Å². The van der Waals surface area contributed by atoms with E-state index in [1.807, 2.05) is 6.07 Å². The average Bonchev–Trinajstić information content (AvgIpc) is 3.24. The summed E-state index contributed by atoms with van der Waals surface area (Å²) in [6, 6.07) is 18.0. The van der Waals surface area contributed by atoms with Crippen LogP contribution in [0.2, 0.25) is 0 Å². The quantitative estimate of drug-likeness (QED) is 0.425. The number of hydrogen-bond acceptors (Lipinski definition) is 7. The third-order valence-electron chi connectivity index (χ3n) is 4.36. The van der Waals surface area contributed by atoms with Gasteiger partial charge in [0.2, 0.25) is 5.88 Å². The second-order valence-electron chi connectivity index (χ2n) is 6.57. The van der Waals surface area contributed by atoms with Crippen LogP contribution in [0.15, 0.2) is 60.7 Å². The van der Waals surface area contributed by atoms with Crippen LogP contribution < -0.4 is 14.8 Å². The Balaban J connectivity index is 1.30. The highest BCUT2D eigenvalue weighted by Gasteiger charge is 2.11. The lowest BCUT2D eigenvalue weighted by Gasteiger charge is -2.09. The monoisotopic (exact) mass is 432 g/mol. The molecule has 0 radical (unpaired) electrons. The molecule has 0 saturated heterocycles. The van der Waals surface area contributed by atoms with Crippen molar-refractivity contribution in [1.82, 2.24) is 25.1 Å². The third-order valence-corrected chi connectivity index (χ3v) is 4.36. The molecule has 0 fully saturated rings. The van der Waals surface area contributed by atoms with E-state index in [0.29, 0.717) is 34.2 Å². The molecule has 0 aliphatic rings. The molecular weight excluding hydrogens is 415 g/mol. The van der Waals surface area contributed by atoms with Crippen molar-refractivity contribution in [2.75, 3.05) is 19.8 Å². The number of carbonyl (C=O) groups excluding carboxylic acids is 1. The van der Waals surface area contributed by atoms with Gasteiger partial charge in [-0.25, -0.2) is 4.39 Å². The summed E-state index contributed by atoms with van der Waals surface area (Å²) in [5, 5.41) is 24.1. The fourth-order valence-electron chi connectivity index (χ4n) is 2.88. The van der Waals surface area contributed by atoms with E-state index in [4.69, 9.17) is 14.7 Å². The predicted molar refractivity (Wildman–Crippen MR) is 111 cm³/mol. The number of ether oxygens (including phenoxy) is 2. The molecule has 0 aliphatic carbocycles. The normalized spacial score (nSPS) is 10.5. The molecule has 4 rings (SSSR count). The van der Waals surface area contributed by atoms with E-state index in [9.17, 15) is 9.18 Å². The number of halogens is 1. The molecule has 2 heterocycles. The molecule has 2 aromatic heterocycles. The Morgan fingerprint density at radius 1 is 1.09 bits per heavy atom. The third kappa shape index (κ3) is 4.79. The van der Waals surface area contributed by atoms with E-state index >= 15 is 0 Å². The molecule has 1 N–H and O–H groups in total. The van der Waals surface area contributed by atoms with Gasteiger partial charge in [0.25, 0.3) is 5.91 Å². The SMILES string of the molecule is N#Cc1ccccc1OCC(=O)NCCOc1ccc2nnc(-c3cccc(F)c3)n2n1. The van der Waals surface area contributed by atoms with Gasteiger partial charge in [0.05, 0.1) is 12.1 Å². The summed E-state index contributed by atoms with van der Waals surface area (Å²) < 4.78 is 26.0. The van der Waals surface area contributed by atoms with E-state index < -0.39 is 0 Å². The Hall–Kier alpha value is -4.52. The molecule has 160 valence electrons. The number of carbonyl (C=O) groups is 1. The molecular formula is C22H17FN6O3. The number of rotatable bonds is 8.